The molecule has 1 aromatic heterocycles. The number of amides is 1. The Balaban J connectivity index is 1.13. The maximum absolute atomic E-state index is 15.0. The van der Waals surface area contributed by atoms with Crippen LogP contribution in [0.1, 0.15) is 29.3 Å². The van der Waals surface area contributed by atoms with E-state index in [1.807, 2.05) is 47.5 Å². The van der Waals surface area contributed by atoms with Gasteiger partial charge in [-0.1, -0.05) is 6.92 Å². The summed E-state index contributed by atoms with van der Waals surface area (Å²) >= 11 is 0. The van der Waals surface area contributed by atoms with Crippen LogP contribution in [0.5, 0.6) is 0 Å². The van der Waals surface area contributed by atoms with E-state index in [2.05, 4.69) is 38.6 Å². The fraction of sp³-hybridized carbons (Fsp3) is 0.429. The number of aryl methyl sites for hydroxylation is 1. The number of nitriles is 1. The standard InChI is InChI=1S/C28H33FN10O/c1-3-20-16-31-39(17-20)28(8-9-30)18-37(19-28)24-5-4-10-38-25(24)33-27(34-38)32-21-6-7-22(23(29)15-21)26(40)36-13-11-35(2)12-14-36/h4-7,10,15-17,27,32,34H,3,8,11-14,18-19H2,1-2H3. The number of hydrogen-bond acceptors (Lipinski definition) is 9. The van der Waals surface area contributed by atoms with E-state index in [4.69, 9.17) is 4.99 Å². The number of benzene rings is 1. The van der Waals surface area contributed by atoms with Crippen molar-refractivity contribution >= 4 is 17.4 Å². The van der Waals surface area contributed by atoms with Gasteiger partial charge in [0.15, 0.2) is 12.1 Å². The summed E-state index contributed by atoms with van der Waals surface area (Å²) in [4.78, 5) is 23.7. The van der Waals surface area contributed by atoms with Gasteiger partial charge in [0.1, 0.15) is 11.4 Å². The van der Waals surface area contributed by atoms with Gasteiger partial charge in [-0.05, 0) is 49.4 Å². The van der Waals surface area contributed by atoms with E-state index in [0.29, 0.717) is 38.3 Å². The summed E-state index contributed by atoms with van der Waals surface area (Å²) < 4.78 is 16.9. The molecule has 11 nitrogen and oxygen atoms in total. The Morgan fingerprint density at radius 3 is 2.77 bits per heavy atom. The van der Waals surface area contributed by atoms with E-state index in [0.717, 1.165) is 36.6 Å². The Hall–Kier alpha value is -4.21. The summed E-state index contributed by atoms with van der Waals surface area (Å²) in [5.41, 5.74) is 5.58. The van der Waals surface area contributed by atoms with Crippen molar-refractivity contribution in [1.82, 2.24) is 34.9 Å². The number of aliphatic imine (C=N–C) groups is 1. The average molecular weight is 545 g/mol. The van der Waals surface area contributed by atoms with Crippen molar-refractivity contribution in [2.75, 3.05) is 51.6 Å². The van der Waals surface area contributed by atoms with E-state index in [-0.39, 0.29) is 17.0 Å². The quantitative estimate of drug-likeness (QED) is 0.545. The lowest BCUT2D eigenvalue weighted by Gasteiger charge is -2.51. The maximum Gasteiger partial charge on any atom is 0.256 e. The van der Waals surface area contributed by atoms with E-state index in [1.165, 1.54) is 12.1 Å². The van der Waals surface area contributed by atoms with Crippen LogP contribution < -0.4 is 10.7 Å². The SMILES string of the molecule is CCc1cnn(C2(CC#N)CN(C3=CC=CN4NC(Nc5ccc(C(=O)N6CCN(C)CC6)c(F)c5)N=C34)C2)c1. The first-order valence-electron chi connectivity index (χ1n) is 13.6. The first-order chi connectivity index (χ1) is 19.4. The molecule has 4 aliphatic rings. The van der Waals surface area contributed by atoms with Crippen LogP contribution in [-0.2, 0) is 12.0 Å². The monoisotopic (exact) mass is 544 g/mol. The molecule has 4 aliphatic heterocycles. The van der Waals surface area contributed by atoms with E-state index in [1.54, 1.807) is 11.0 Å². The highest BCUT2D eigenvalue weighted by Gasteiger charge is 2.48. The number of hydrogen-bond donors (Lipinski definition) is 2. The normalized spacial score (nSPS) is 21.9. The number of carbonyl (C=O) groups is 1. The summed E-state index contributed by atoms with van der Waals surface area (Å²) in [6.45, 7) is 6.12. The minimum Gasteiger partial charge on any atom is -0.363 e. The first-order valence-corrected chi connectivity index (χ1v) is 13.6. The summed E-state index contributed by atoms with van der Waals surface area (Å²) in [6, 6.07) is 6.92. The highest BCUT2D eigenvalue weighted by Crippen LogP contribution is 2.36. The van der Waals surface area contributed by atoms with Crippen molar-refractivity contribution in [3.05, 3.63) is 71.6 Å². The number of rotatable bonds is 7. The van der Waals surface area contributed by atoms with Gasteiger partial charge >= 0.3 is 0 Å². The van der Waals surface area contributed by atoms with Crippen LogP contribution in [0.3, 0.4) is 0 Å². The summed E-state index contributed by atoms with van der Waals surface area (Å²) in [6.07, 6.45) is 10.5. The molecule has 1 amide bonds. The van der Waals surface area contributed by atoms with Crippen molar-refractivity contribution < 1.29 is 9.18 Å². The van der Waals surface area contributed by atoms with Crippen LogP contribution >= 0.6 is 0 Å². The number of anilines is 1. The molecule has 2 fully saturated rings. The zero-order chi connectivity index (χ0) is 27.9. The minimum atomic E-state index is -0.558. The zero-order valence-electron chi connectivity index (χ0n) is 22.7. The second-order valence-electron chi connectivity index (χ2n) is 10.7. The Morgan fingerprint density at radius 1 is 1.27 bits per heavy atom. The van der Waals surface area contributed by atoms with Crippen LogP contribution in [0.25, 0.3) is 0 Å². The van der Waals surface area contributed by atoms with Gasteiger partial charge in [0, 0.05) is 57.4 Å². The number of amidine groups is 1. The van der Waals surface area contributed by atoms with Crippen LogP contribution in [0.4, 0.5) is 10.1 Å². The van der Waals surface area contributed by atoms with Gasteiger partial charge in [0.2, 0.25) is 0 Å². The lowest BCUT2D eigenvalue weighted by molar-refractivity contribution is 0.0368. The van der Waals surface area contributed by atoms with E-state index < -0.39 is 12.1 Å². The summed E-state index contributed by atoms with van der Waals surface area (Å²) in [5, 5.41) is 19.1. The molecule has 0 spiro atoms. The van der Waals surface area contributed by atoms with Gasteiger partial charge in [-0.3, -0.25) is 14.5 Å². The number of likely N-dealkylation sites (N-methyl/N-ethyl adjacent to an activating group) is 1. The molecule has 0 aliphatic carbocycles. The van der Waals surface area contributed by atoms with E-state index in [9.17, 15) is 10.1 Å². The molecule has 2 N–H and O–H groups in total. The molecule has 5 heterocycles. The number of allylic oxidation sites excluding steroid dienone is 2. The Morgan fingerprint density at radius 2 is 2.08 bits per heavy atom. The molecule has 1 unspecified atom stereocenters. The molecule has 2 aromatic rings. The number of nitrogens with zero attached hydrogens (tertiary/aromatic N) is 8. The minimum absolute atomic E-state index is 0.0771. The topological polar surface area (TPSA) is 108 Å². The Bertz CT molecular complexity index is 1420. The van der Waals surface area contributed by atoms with Crippen LogP contribution in [0.2, 0.25) is 0 Å². The maximum atomic E-state index is 15.0. The van der Waals surface area contributed by atoms with Gasteiger partial charge in [-0.15, -0.1) is 0 Å². The van der Waals surface area contributed by atoms with Crippen LogP contribution in [0.15, 0.2) is 59.6 Å². The number of nitrogens with one attached hydrogen (secondary N) is 2. The summed E-state index contributed by atoms with van der Waals surface area (Å²) in [5.74, 6) is -0.101. The fourth-order valence-corrected chi connectivity index (χ4v) is 5.55. The fourth-order valence-electron chi connectivity index (χ4n) is 5.55. The first kappa shape index (κ1) is 26.0. The highest BCUT2D eigenvalue weighted by atomic mass is 19.1. The smallest absolute Gasteiger partial charge is 0.256 e. The molecule has 0 saturated carbocycles. The number of piperazine rings is 1. The highest BCUT2D eigenvalue weighted by molar-refractivity contribution is 6.00. The van der Waals surface area contributed by atoms with Gasteiger partial charge in [-0.2, -0.15) is 15.8 Å². The van der Waals surface area contributed by atoms with Gasteiger partial charge in [-0.25, -0.2) is 9.38 Å². The van der Waals surface area contributed by atoms with Crippen molar-refractivity contribution in [3.8, 4) is 6.07 Å². The molecule has 0 radical (unpaired) electrons. The predicted molar refractivity (Wildman–Crippen MR) is 148 cm³/mol. The molecule has 6 rings (SSSR count). The predicted octanol–water partition coefficient (Wildman–Crippen LogP) is 1.92. The van der Waals surface area contributed by atoms with Crippen LogP contribution in [0, 0.1) is 17.1 Å². The molecule has 208 valence electrons. The Labute approximate surface area is 232 Å². The molecular weight excluding hydrogens is 511 g/mol. The lowest BCUT2D eigenvalue weighted by atomic mass is 9.86. The molecule has 2 saturated heterocycles. The average Bonchev–Trinajstić information content (AvgIpc) is 3.58. The number of likely N-dealkylation sites (tertiary alicyclic amines) is 1. The number of aromatic nitrogens is 2. The largest absolute Gasteiger partial charge is 0.363 e. The number of hydrazine groups is 1. The van der Waals surface area contributed by atoms with Crippen molar-refractivity contribution in [2.45, 2.75) is 31.6 Å². The molecule has 0 bridgehead atoms. The van der Waals surface area contributed by atoms with Crippen molar-refractivity contribution in [2.24, 2.45) is 4.99 Å². The number of halogens is 1. The molecule has 12 heteroatoms. The zero-order valence-corrected chi connectivity index (χ0v) is 22.7. The van der Waals surface area contributed by atoms with Crippen LogP contribution in [-0.4, -0.2) is 93.8 Å². The molecule has 40 heavy (non-hydrogen) atoms. The Kier molecular flexibility index (Phi) is 6.77. The van der Waals surface area contributed by atoms with Gasteiger partial charge in [0.25, 0.3) is 5.91 Å². The number of carbonyl (C=O) groups excluding carboxylic acids is 1. The van der Waals surface area contributed by atoms with Crippen molar-refractivity contribution in [1.29, 1.82) is 5.26 Å². The van der Waals surface area contributed by atoms with E-state index >= 15 is 4.39 Å². The third kappa shape index (κ3) is 4.71. The van der Waals surface area contributed by atoms with Gasteiger partial charge < -0.3 is 20.0 Å². The number of fused-ring (bicyclic) bond motifs is 1. The molecular formula is C28H33FN10O. The third-order valence-corrected chi connectivity index (χ3v) is 8.00. The molecule has 1 atom stereocenters. The summed E-state index contributed by atoms with van der Waals surface area (Å²) in [7, 11) is 2.01. The van der Waals surface area contributed by atoms with Crippen molar-refractivity contribution in [3.63, 3.8) is 0 Å². The second-order valence-corrected chi connectivity index (χ2v) is 10.7. The lowest BCUT2D eigenvalue weighted by Crippen LogP contribution is -2.63. The second kappa shape index (κ2) is 10.4. The molecule has 1 aromatic carbocycles. The van der Waals surface area contributed by atoms with Gasteiger partial charge in [0.05, 0.1) is 29.9 Å². The third-order valence-electron chi connectivity index (χ3n) is 8.00.